The van der Waals surface area contributed by atoms with Gasteiger partial charge in [0.1, 0.15) is 0 Å². The van der Waals surface area contributed by atoms with E-state index in [1.165, 1.54) is 6.92 Å². The third kappa shape index (κ3) is 2.34. The van der Waals surface area contributed by atoms with Crippen molar-refractivity contribution in [2.75, 3.05) is 0 Å². The highest BCUT2D eigenvalue weighted by Gasteiger charge is 2.30. The van der Waals surface area contributed by atoms with Crippen LogP contribution < -0.4 is 5.56 Å². The minimum atomic E-state index is -0.419. The number of esters is 1. The van der Waals surface area contributed by atoms with Gasteiger partial charge in [-0.1, -0.05) is 15.9 Å². The summed E-state index contributed by atoms with van der Waals surface area (Å²) < 4.78 is 13.5. The van der Waals surface area contributed by atoms with E-state index in [1.54, 1.807) is 0 Å². The molecule has 24 heavy (non-hydrogen) atoms. The lowest BCUT2D eigenvalue weighted by atomic mass is 10.1. The van der Waals surface area contributed by atoms with Crippen molar-refractivity contribution < 1.29 is 13.9 Å². The number of rotatable bonds is 3. The first-order chi connectivity index (χ1) is 11.5. The molecule has 4 rings (SSSR count). The molecule has 6 nitrogen and oxygen atoms in total. The van der Waals surface area contributed by atoms with Crippen molar-refractivity contribution in [3.05, 3.63) is 38.4 Å². The van der Waals surface area contributed by atoms with Crippen LogP contribution in [0, 0.1) is 6.92 Å². The minimum absolute atomic E-state index is 0.0795. The van der Waals surface area contributed by atoms with Crippen molar-refractivity contribution in [1.82, 2.24) is 9.55 Å². The van der Waals surface area contributed by atoms with Gasteiger partial charge in [-0.05, 0) is 37.5 Å². The zero-order valence-corrected chi connectivity index (χ0v) is 14.8. The Kier molecular flexibility index (Phi) is 3.49. The van der Waals surface area contributed by atoms with Crippen LogP contribution in [0.3, 0.4) is 0 Å². The molecule has 0 aliphatic heterocycles. The van der Waals surface area contributed by atoms with Crippen molar-refractivity contribution in [1.29, 1.82) is 0 Å². The molecular weight excluding hydrogens is 376 g/mol. The average molecular weight is 391 g/mol. The number of carbonyl (C=O) groups is 1. The fourth-order valence-electron chi connectivity index (χ4n) is 2.98. The average Bonchev–Trinajstić information content (AvgIpc) is 3.27. The van der Waals surface area contributed by atoms with Crippen LogP contribution in [0.4, 0.5) is 0 Å². The number of benzene rings is 1. The molecule has 0 atom stereocenters. The number of halogens is 1. The van der Waals surface area contributed by atoms with Crippen LogP contribution in [-0.2, 0) is 16.1 Å². The van der Waals surface area contributed by atoms with Crippen LogP contribution in [0.5, 0.6) is 0 Å². The number of hydrogen-bond donors (Lipinski definition) is 0. The summed E-state index contributed by atoms with van der Waals surface area (Å²) in [5, 5.41) is 0.846. The highest BCUT2D eigenvalue weighted by molar-refractivity contribution is 9.10. The second-order valence-electron chi connectivity index (χ2n) is 6.04. The summed E-state index contributed by atoms with van der Waals surface area (Å²) in [6, 6.07) is 4.08. The first-order valence-corrected chi connectivity index (χ1v) is 8.52. The van der Waals surface area contributed by atoms with E-state index in [4.69, 9.17) is 9.15 Å². The standard InChI is InChI=1S/C17H15BrN2O4/c1-8-12(18)6-5-11-15(8)20(10-3-4-10)17(22)14-16(11)24-13(19-14)7-23-9(2)21/h5-6,10H,3-4,7H2,1-2H3. The number of fused-ring (bicyclic) bond motifs is 3. The monoisotopic (exact) mass is 390 g/mol. The number of oxazole rings is 1. The predicted octanol–water partition coefficient (Wildman–Crippen LogP) is 3.61. The van der Waals surface area contributed by atoms with Gasteiger partial charge in [0.05, 0.1) is 5.52 Å². The number of pyridine rings is 1. The highest BCUT2D eigenvalue weighted by atomic mass is 79.9. The van der Waals surface area contributed by atoms with E-state index in [-0.39, 0.29) is 24.1 Å². The topological polar surface area (TPSA) is 74.3 Å². The van der Waals surface area contributed by atoms with Crippen molar-refractivity contribution in [2.24, 2.45) is 0 Å². The van der Waals surface area contributed by atoms with Gasteiger partial charge < -0.3 is 13.7 Å². The van der Waals surface area contributed by atoms with Crippen molar-refractivity contribution >= 4 is 43.9 Å². The van der Waals surface area contributed by atoms with Gasteiger partial charge >= 0.3 is 5.97 Å². The molecule has 0 N–H and O–H groups in total. The number of hydrogen-bond acceptors (Lipinski definition) is 5. The Morgan fingerprint density at radius 3 is 2.88 bits per heavy atom. The van der Waals surface area contributed by atoms with E-state index in [2.05, 4.69) is 20.9 Å². The molecule has 1 aliphatic carbocycles. The molecule has 0 amide bonds. The molecule has 7 heteroatoms. The van der Waals surface area contributed by atoms with E-state index in [9.17, 15) is 9.59 Å². The lowest BCUT2D eigenvalue weighted by molar-refractivity contribution is -0.142. The van der Waals surface area contributed by atoms with E-state index in [1.807, 2.05) is 23.6 Å². The maximum Gasteiger partial charge on any atom is 0.303 e. The number of aromatic nitrogens is 2. The van der Waals surface area contributed by atoms with E-state index < -0.39 is 5.97 Å². The fraction of sp³-hybridized carbons (Fsp3) is 0.353. The molecule has 0 bridgehead atoms. The summed E-state index contributed by atoms with van der Waals surface area (Å²) in [5.74, 6) is -0.190. The number of carbonyl (C=O) groups excluding carboxylic acids is 1. The van der Waals surface area contributed by atoms with Crippen LogP contribution in [0.15, 0.2) is 25.8 Å². The third-order valence-corrected chi connectivity index (χ3v) is 5.11. The smallest absolute Gasteiger partial charge is 0.303 e. The maximum absolute atomic E-state index is 13.0. The van der Waals surface area contributed by atoms with Gasteiger partial charge in [0.25, 0.3) is 5.56 Å². The molecule has 1 fully saturated rings. The highest BCUT2D eigenvalue weighted by Crippen LogP contribution is 2.39. The van der Waals surface area contributed by atoms with Crippen LogP contribution in [0.1, 0.15) is 37.3 Å². The van der Waals surface area contributed by atoms with Gasteiger partial charge in [-0.15, -0.1) is 0 Å². The molecule has 2 aromatic heterocycles. The third-order valence-electron chi connectivity index (χ3n) is 4.25. The molecule has 124 valence electrons. The van der Waals surface area contributed by atoms with Gasteiger partial charge in [0.2, 0.25) is 5.89 Å². The van der Waals surface area contributed by atoms with Crippen LogP contribution in [0.25, 0.3) is 22.0 Å². The molecule has 1 aromatic carbocycles. The van der Waals surface area contributed by atoms with Crippen LogP contribution >= 0.6 is 15.9 Å². The summed E-state index contributed by atoms with van der Waals surface area (Å²) in [7, 11) is 0. The Balaban J connectivity index is 2.04. The molecule has 1 saturated carbocycles. The molecule has 2 heterocycles. The Hall–Kier alpha value is -2.15. The zero-order valence-electron chi connectivity index (χ0n) is 13.3. The molecular formula is C17H15BrN2O4. The Morgan fingerprint density at radius 2 is 2.21 bits per heavy atom. The first kappa shape index (κ1) is 15.4. The largest absolute Gasteiger partial charge is 0.456 e. The lowest BCUT2D eigenvalue weighted by Crippen LogP contribution is -2.20. The first-order valence-electron chi connectivity index (χ1n) is 7.73. The van der Waals surface area contributed by atoms with Gasteiger partial charge in [-0.2, -0.15) is 0 Å². The number of aryl methyl sites for hydroxylation is 1. The van der Waals surface area contributed by atoms with Gasteiger partial charge in [0.15, 0.2) is 17.7 Å². The van der Waals surface area contributed by atoms with Gasteiger partial charge in [-0.25, -0.2) is 4.98 Å². The summed E-state index contributed by atoms with van der Waals surface area (Å²) in [6.07, 6.45) is 1.98. The molecule has 0 saturated heterocycles. The Labute approximate surface area is 145 Å². The maximum atomic E-state index is 13.0. The predicted molar refractivity (Wildman–Crippen MR) is 92.0 cm³/mol. The normalized spacial score (nSPS) is 14.5. The summed E-state index contributed by atoms with van der Waals surface area (Å²) in [4.78, 5) is 28.2. The van der Waals surface area contributed by atoms with Gasteiger partial charge in [-0.3, -0.25) is 9.59 Å². The number of nitrogens with zero attached hydrogens (tertiary/aromatic N) is 2. The Bertz CT molecular complexity index is 1050. The SMILES string of the molecule is CC(=O)OCc1nc2c(=O)n(C3CC3)c3c(C)c(Br)ccc3c2o1. The number of ether oxygens (including phenoxy) is 1. The molecule has 3 aromatic rings. The van der Waals surface area contributed by atoms with Crippen molar-refractivity contribution in [3.8, 4) is 0 Å². The molecule has 0 unspecified atom stereocenters. The molecule has 1 aliphatic rings. The second kappa shape index (κ2) is 5.44. The fourth-order valence-corrected chi connectivity index (χ4v) is 3.30. The lowest BCUT2D eigenvalue weighted by Gasteiger charge is -2.12. The van der Waals surface area contributed by atoms with Crippen molar-refractivity contribution in [2.45, 2.75) is 39.3 Å². The summed E-state index contributed by atoms with van der Waals surface area (Å²) in [5.41, 5.74) is 2.46. The van der Waals surface area contributed by atoms with E-state index in [0.717, 1.165) is 33.8 Å². The summed E-state index contributed by atoms with van der Waals surface area (Å²) in [6.45, 7) is 3.22. The summed E-state index contributed by atoms with van der Waals surface area (Å²) >= 11 is 3.54. The van der Waals surface area contributed by atoms with Crippen LogP contribution in [0.2, 0.25) is 0 Å². The van der Waals surface area contributed by atoms with E-state index >= 15 is 0 Å². The Morgan fingerprint density at radius 1 is 1.46 bits per heavy atom. The zero-order chi connectivity index (χ0) is 17.0. The van der Waals surface area contributed by atoms with Gasteiger partial charge in [0, 0.05) is 22.8 Å². The minimum Gasteiger partial charge on any atom is -0.456 e. The van der Waals surface area contributed by atoms with E-state index in [0.29, 0.717) is 11.1 Å². The van der Waals surface area contributed by atoms with Crippen LogP contribution in [-0.4, -0.2) is 15.5 Å². The molecule has 0 spiro atoms. The molecule has 0 radical (unpaired) electrons. The quantitative estimate of drug-likeness (QED) is 0.638. The second-order valence-corrected chi connectivity index (χ2v) is 6.89. The van der Waals surface area contributed by atoms with Crippen molar-refractivity contribution in [3.63, 3.8) is 0 Å².